The number of likely N-dealkylation sites (tertiary alicyclic amines) is 1. The van der Waals surface area contributed by atoms with Crippen molar-refractivity contribution in [2.75, 3.05) is 44.7 Å². The third-order valence-corrected chi connectivity index (χ3v) is 7.62. The molecule has 8 nitrogen and oxygen atoms in total. The molecular formula is C24H31N3O5S. The van der Waals surface area contributed by atoms with Crippen LogP contribution in [0, 0.1) is 5.92 Å². The minimum absolute atomic E-state index is 0.00948. The number of carbonyl (C=O) groups excluding carboxylic acids is 2. The predicted octanol–water partition coefficient (Wildman–Crippen LogP) is 2.52. The molecule has 0 unspecified atom stereocenters. The molecule has 1 fully saturated rings. The number of benzene rings is 2. The van der Waals surface area contributed by atoms with E-state index in [1.165, 1.54) is 23.5 Å². The molecule has 178 valence electrons. The highest BCUT2D eigenvalue weighted by molar-refractivity contribution is 7.92. The Labute approximate surface area is 195 Å². The number of ether oxygens (including phenoxy) is 1. The fraction of sp³-hybridized carbons (Fsp3) is 0.417. The van der Waals surface area contributed by atoms with Gasteiger partial charge in [0.2, 0.25) is 5.91 Å². The van der Waals surface area contributed by atoms with E-state index in [1.807, 2.05) is 6.07 Å². The molecule has 1 N–H and O–H groups in total. The van der Waals surface area contributed by atoms with Crippen LogP contribution in [0.2, 0.25) is 0 Å². The fourth-order valence-electron chi connectivity index (χ4n) is 3.82. The average Bonchev–Trinajstić information content (AvgIpc) is 2.86. The summed E-state index contributed by atoms with van der Waals surface area (Å²) in [6, 6.07) is 14.9. The van der Waals surface area contributed by atoms with Crippen molar-refractivity contribution in [3.05, 3.63) is 60.2 Å². The van der Waals surface area contributed by atoms with Crippen molar-refractivity contribution in [3.63, 3.8) is 0 Å². The van der Waals surface area contributed by atoms with Crippen LogP contribution < -0.4 is 9.62 Å². The molecule has 0 aromatic heterocycles. The second-order valence-corrected chi connectivity index (χ2v) is 10.0. The Hall–Kier alpha value is -2.91. The second kappa shape index (κ2) is 11.3. The van der Waals surface area contributed by atoms with Crippen LogP contribution >= 0.6 is 0 Å². The molecule has 1 saturated heterocycles. The zero-order valence-electron chi connectivity index (χ0n) is 19.1. The molecule has 0 aliphatic carbocycles. The summed E-state index contributed by atoms with van der Waals surface area (Å²) in [7, 11) is -0.695. The SMILES string of the molecule is COCCCNC(=O)C1CCN(C(=O)c2cccc(S(=O)(=O)N(C)c3ccccc3)c2)CC1. The number of hydrogen-bond donors (Lipinski definition) is 1. The quantitative estimate of drug-likeness (QED) is 0.565. The predicted molar refractivity (Wildman–Crippen MR) is 127 cm³/mol. The van der Waals surface area contributed by atoms with Crippen LogP contribution in [-0.4, -0.2) is 65.5 Å². The lowest BCUT2D eigenvalue weighted by atomic mass is 9.95. The molecular weight excluding hydrogens is 442 g/mol. The average molecular weight is 474 g/mol. The van der Waals surface area contributed by atoms with Crippen LogP contribution in [0.5, 0.6) is 0 Å². The summed E-state index contributed by atoms with van der Waals surface area (Å²) in [5.74, 6) is -0.341. The van der Waals surface area contributed by atoms with Gasteiger partial charge in [0.25, 0.3) is 15.9 Å². The summed E-state index contributed by atoms with van der Waals surface area (Å²) in [5, 5.41) is 2.92. The number of methoxy groups -OCH3 is 1. The molecule has 0 bridgehead atoms. The lowest BCUT2D eigenvalue weighted by Crippen LogP contribution is -2.43. The van der Waals surface area contributed by atoms with Gasteiger partial charge in [-0.25, -0.2) is 8.42 Å². The van der Waals surface area contributed by atoms with E-state index < -0.39 is 10.0 Å². The van der Waals surface area contributed by atoms with Crippen molar-refractivity contribution in [1.29, 1.82) is 0 Å². The van der Waals surface area contributed by atoms with Crippen molar-refractivity contribution >= 4 is 27.5 Å². The van der Waals surface area contributed by atoms with Gasteiger partial charge in [0, 0.05) is 51.9 Å². The van der Waals surface area contributed by atoms with Crippen LogP contribution in [-0.2, 0) is 19.6 Å². The van der Waals surface area contributed by atoms with Gasteiger partial charge in [-0.1, -0.05) is 24.3 Å². The number of piperidine rings is 1. The van der Waals surface area contributed by atoms with Crippen molar-refractivity contribution in [2.45, 2.75) is 24.2 Å². The number of carbonyl (C=O) groups is 2. The second-order valence-electron chi connectivity index (χ2n) is 8.04. The van der Waals surface area contributed by atoms with E-state index in [0.717, 1.165) is 6.42 Å². The first-order chi connectivity index (χ1) is 15.8. The Morgan fingerprint density at radius 2 is 1.79 bits per heavy atom. The molecule has 0 spiro atoms. The topological polar surface area (TPSA) is 96.0 Å². The van der Waals surface area contributed by atoms with E-state index >= 15 is 0 Å². The minimum Gasteiger partial charge on any atom is -0.385 e. The van der Waals surface area contributed by atoms with Crippen LogP contribution in [0.4, 0.5) is 5.69 Å². The molecule has 9 heteroatoms. The van der Waals surface area contributed by atoms with Crippen LogP contribution in [0.25, 0.3) is 0 Å². The van der Waals surface area contributed by atoms with Crippen molar-refractivity contribution in [3.8, 4) is 0 Å². The number of nitrogens with one attached hydrogen (secondary N) is 1. The number of nitrogens with zero attached hydrogens (tertiary/aromatic N) is 2. The smallest absolute Gasteiger partial charge is 0.264 e. The molecule has 0 atom stereocenters. The van der Waals surface area contributed by atoms with Gasteiger partial charge in [-0.2, -0.15) is 0 Å². The van der Waals surface area contributed by atoms with Gasteiger partial charge >= 0.3 is 0 Å². The summed E-state index contributed by atoms with van der Waals surface area (Å²) in [6.45, 7) is 2.08. The lowest BCUT2D eigenvalue weighted by Gasteiger charge is -2.31. The Morgan fingerprint density at radius 1 is 1.09 bits per heavy atom. The van der Waals surface area contributed by atoms with E-state index in [0.29, 0.717) is 50.3 Å². The fourth-order valence-corrected chi connectivity index (χ4v) is 5.07. The first kappa shape index (κ1) is 24.7. The number of para-hydroxylation sites is 1. The van der Waals surface area contributed by atoms with E-state index in [4.69, 9.17) is 4.74 Å². The number of amides is 2. The zero-order chi connectivity index (χ0) is 23.8. The molecule has 2 aromatic rings. The molecule has 0 radical (unpaired) electrons. The molecule has 0 saturated carbocycles. The highest BCUT2D eigenvalue weighted by atomic mass is 32.2. The lowest BCUT2D eigenvalue weighted by molar-refractivity contribution is -0.126. The zero-order valence-corrected chi connectivity index (χ0v) is 19.9. The monoisotopic (exact) mass is 473 g/mol. The first-order valence-electron chi connectivity index (χ1n) is 11.0. The maximum atomic E-state index is 13.1. The third-order valence-electron chi connectivity index (χ3n) is 5.84. The standard InChI is InChI=1S/C24H31N3O5S/c1-26(21-9-4-3-5-10-21)33(30,31)22-11-6-8-20(18-22)24(29)27-15-12-19(13-16-27)23(28)25-14-7-17-32-2/h3-6,8-11,18-19H,7,12-17H2,1-2H3,(H,25,28). The van der Waals surface area contributed by atoms with Crippen molar-refractivity contribution in [1.82, 2.24) is 10.2 Å². The van der Waals surface area contributed by atoms with Crippen molar-refractivity contribution < 1.29 is 22.7 Å². The van der Waals surface area contributed by atoms with Crippen LogP contribution in [0.3, 0.4) is 0 Å². The summed E-state index contributed by atoms with van der Waals surface area (Å²) < 4.78 is 32.3. The van der Waals surface area contributed by atoms with Gasteiger partial charge in [-0.15, -0.1) is 0 Å². The van der Waals surface area contributed by atoms with Gasteiger partial charge in [0.15, 0.2) is 0 Å². The molecule has 1 aliphatic heterocycles. The summed E-state index contributed by atoms with van der Waals surface area (Å²) in [5.41, 5.74) is 0.858. The van der Waals surface area contributed by atoms with E-state index in [9.17, 15) is 18.0 Å². The highest BCUT2D eigenvalue weighted by Crippen LogP contribution is 2.24. The van der Waals surface area contributed by atoms with Gasteiger partial charge < -0.3 is 15.0 Å². The van der Waals surface area contributed by atoms with E-state index in [1.54, 1.807) is 48.4 Å². The minimum atomic E-state index is -3.81. The molecule has 1 heterocycles. The van der Waals surface area contributed by atoms with Gasteiger partial charge in [-0.3, -0.25) is 13.9 Å². The van der Waals surface area contributed by atoms with E-state index in [2.05, 4.69) is 5.32 Å². The maximum absolute atomic E-state index is 13.1. The van der Waals surface area contributed by atoms with Crippen LogP contribution in [0.1, 0.15) is 29.6 Å². The molecule has 1 aliphatic rings. The molecule has 2 aromatic carbocycles. The largest absolute Gasteiger partial charge is 0.385 e. The van der Waals surface area contributed by atoms with Gasteiger partial charge in [0.05, 0.1) is 10.6 Å². The summed E-state index contributed by atoms with van der Waals surface area (Å²) in [4.78, 5) is 27.1. The third kappa shape index (κ3) is 6.11. The number of rotatable bonds is 9. The number of anilines is 1. The molecule has 2 amide bonds. The van der Waals surface area contributed by atoms with E-state index in [-0.39, 0.29) is 22.6 Å². The summed E-state index contributed by atoms with van der Waals surface area (Å²) >= 11 is 0. The van der Waals surface area contributed by atoms with Gasteiger partial charge in [0.1, 0.15) is 0 Å². The Kier molecular flexibility index (Phi) is 8.46. The van der Waals surface area contributed by atoms with Crippen LogP contribution in [0.15, 0.2) is 59.5 Å². The Bertz CT molecular complexity index is 1050. The number of sulfonamides is 1. The van der Waals surface area contributed by atoms with Crippen molar-refractivity contribution in [2.24, 2.45) is 5.92 Å². The Morgan fingerprint density at radius 3 is 2.45 bits per heavy atom. The first-order valence-corrected chi connectivity index (χ1v) is 12.5. The molecule has 3 rings (SSSR count). The molecule has 33 heavy (non-hydrogen) atoms. The maximum Gasteiger partial charge on any atom is 0.264 e. The highest BCUT2D eigenvalue weighted by Gasteiger charge is 2.29. The normalized spacial score (nSPS) is 14.7. The Balaban J connectivity index is 1.63. The number of hydrogen-bond acceptors (Lipinski definition) is 5. The van der Waals surface area contributed by atoms with Gasteiger partial charge in [-0.05, 0) is 49.6 Å². The summed E-state index contributed by atoms with van der Waals surface area (Å²) in [6.07, 6.45) is 1.92.